The topological polar surface area (TPSA) is 68.3 Å². The first kappa shape index (κ1) is 14.5. The molecule has 0 aliphatic heterocycles. The molecule has 0 aromatic heterocycles. The highest BCUT2D eigenvalue weighted by molar-refractivity contribution is 5.97. The second-order valence-corrected chi connectivity index (χ2v) is 4.36. The van der Waals surface area contributed by atoms with Gasteiger partial charge in [0.15, 0.2) is 0 Å². The van der Waals surface area contributed by atoms with Crippen LogP contribution in [0.15, 0.2) is 18.2 Å². The lowest BCUT2D eigenvalue weighted by Crippen LogP contribution is -2.13. The van der Waals surface area contributed by atoms with Crippen molar-refractivity contribution in [3.8, 4) is 5.75 Å². The maximum absolute atomic E-state index is 7.52. The van der Waals surface area contributed by atoms with Crippen molar-refractivity contribution in [1.82, 2.24) is 0 Å². The molecular formula is C14H22N2O2. The molecule has 1 atom stereocenters. The largest absolute Gasteiger partial charge is 0.496 e. The Morgan fingerprint density at radius 3 is 2.72 bits per heavy atom. The van der Waals surface area contributed by atoms with Crippen LogP contribution in [0.2, 0.25) is 0 Å². The van der Waals surface area contributed by atoms with Crippen molar-refractivity contribution in [2.45, 2.75) is 39.4 Å². The molecule has 0 radical (unpaired) electrons. The molecule has 1 aromatic carbocycles. The Labute approximate surface area is 109 Å². The number of hydrogen-bond acceptors (Lipinski definition) is 3. The molecule has 4 heteroatoms. The van der Waals surface area contributed by atoms with Gasteiger partial charge in [-0.3, -0.25) is 5.41 Å². The lowest BCUT2D eigenvalue weighted by Gasteiger charge is -2.13. The van der Waals surface area contributed by atoms with Gasteiger partial charge in [0.25, 0.3) is 0 Å². The highest BCUT2D eigenvalue weighted by atomic mass is 16.5. The summed E-state index contributed by atoms with van der Waals surface area (Å²) in [6.45, 7) is 4.74. The SMILES string of the molecule is CCCC(C)OCc1ccc(OC)c(C(=N)N)c1. The van der Waals surface area contributed by atoms with Gasteiger partial charge in [-0.25, -0.2) is 0 Å². The lowest BCUT2D eigenvalue weighted by atomic mass is 10.1. The first-order valence-corrected chi connectivity index (χ1v) is 6.21. The van der Waals surface area contributed by atoms with Crippen LogP contribution in [0.25, 0.3) is 0 Å². The zero-order valence-corrected chi connectivity index (χ0v) is 11.3. The lowest BCUT2D eigenvalue weighted by molar-refractivity contribution is 0.0471. The van der Waals surface area contributed by atoms with Gasteiger partial charge in [0.05, 0.1) is 25.4 Å². The molecule has 0 fully saturated rings. The van der Waals surface area contributed by atoms with Crippen molar-refractivity contribution >= 4 is 5.84 Å². The van der Waals surface area contributed by atoms with Crippen LogP contribution < -0.4 is 10.5 Å². The first-order chi connectivity index (χ1) is 8.58. The summed E-state index contributed by atoms with van der Waals surface area (Å²) in [4.78, 5) is 0. The van der Waals surface area contributed by atoms with Gasteiger partial charge in [-0.1, -0.05) is 19.4 Å². The van der Waals surface area contributed by atoms with Crippen molar-refractivity contribution in [2.24, 2.45) is 5.73 Å². The maximum Gasteiger partial charge on any atom is 0.129 e. The van der Waals surface area contributed by atoms with Crippen molar-refractivity contribution in [3.05, 3.63) is 29.3 Å². The zero-order valence-electron chi connectivity index (χ0n) is 11.3. The van der Waals surface area contributed by atoms with Crippen LogP contribution in [0, 0.1) is 5.41 Å². The van der Waals surface area contributed by atoms with Gasteiger partial charge in [-0.05, 0) is 31.0 Å². The summed E-state index contributed by atoms with van der Waals surface area (Å²) < 4.78 is 10.9. The summed E-state index contributed by atoms with van der Waals surface area (Å²) in [5, 5.41) is 7.52. The Morgan fingerprint density at radius 1 is 1.44 bits per heavy atom. The predicted octanol–water partition coefficient (Wildman–Crippen LogP) is 2.68. The molecule has 3 N–H and O–H groups in total. The summed E-state index contributed by atoms with van der Waals surface area (Å²) in [5.41, 5.74) is 7.14. The molecular weight excluding hydrogens is 228 g/mol. The Bertz CT molecular complexity index is 405. The van der Waals surface area contributed by atoms with E-state index in [0.29, 0.717) is 17.9 Å². The van der Waals surface area contributed by atoms with E-state index in [2.05, 4.69) is 13.8 Å². The number of hydrogen-bond donors (Lipinski definition) is 2. The molecule has 0 saturated heterocycles. The van der Waals surface area contributed by atoms with Gasteiger partial charge in [0.1, 0.15) is 11.6 Å². The Balaban J connectivity index is 2.73. The van der Waals surface area contributed by atoms with E-state index in [1.807, 2.05) is 18.2 Å². The number of nitrogens with two attached hydrogens (primary N) is 1. The standard InChI is InChI=1S/C14H22N2O2/c1-4-5-10(2)18-9-11-6-7-13(17-3)12(8-11)14(15)16/h6-8,10H,4-5,9H2,1-3H3,(H3,15,16). The third kappa shape index (κ3) is 4.04. The van der Waals surface area contributed by atoms with Gasteiger partial charge < -0.3 is 15.2 Å². The van der Waals surface area contributed by atoms with E-state index in [4.69, 9.17) is 20.6 Å². The van der Waals surface area contributed by atoms with E-state index in [0.717, 1.165) is 18.4 Å². The van der Waals surface area contributed by atoms with E-state index in [1.54, 1.807) is 7.11 Å². The highest BCUT2D eigenvalue weighted by Crippen LogP contribution is 2.20. The second-order valence-electron chi connectivity index (χ2n) is 4.36. The van der Waals surface area contributed by atoms with E-state index < -0.39 is 0 Å². The summed E-state index contributed by atoms with van der Waals surface area (Å²) in [6, 6.07) is 5.60. The van der Waals surface area contributed by atoms with Crippen molar-refractivity contribution in [3.63, 3.8) is 0 Å². The summed E-state index contributed by atoms with van der Waals surface area (Å²) in [7, 11) is 1.57. The summed E-state index contributed by atoms with van der Waals surface area (Å²) in [5.74, 6) is 0.628. The van der Waals surface area contributed by atoms with Crippen molar-refractivity contribution in [1.29, 1.82) is 5.41 Å². The van der Waals surface area contributed by atoms with Crippen LogP contribution >= 0.6 is 0 Å². The Morgan fingerprint density at radius 2 is 2.17 bits per heavy atom. The number of rotatable bonds is 7. The van der Waals surface area contributed by atoms with Gasteiger partial charge >= 0.3 is 0 Å². The molecule has 0 heterocycles. The third-order valence-corrected chi connectivity index (χ3v) is 2.78. The minimum atomic E-state index is 0.00954. The molecule has 1 rings (SSSR count). The quantitative estimate of drug-likeness (QED) is 0.577. The van der Waals surface area contributed by atoms with Gasteiger partial charge in [-0.2, -0.15) is 0 Å². The van der Waals surface area contributed by atoms with E-state index in [1.165, 1.54) is 0 Å². The van der Waals surface area contributed by atoms with Crippen LogP contribution in [-0.4, -0.2) is 19.0 Å². The molecule has 0 amide bonds. The highest BCUT2D eigenvalue weighted by Gasteiger charge is 2.08. The number of benzene rings is 1. The van der Waals surface area contributed by atoms with Crippen LogP contribution in [-0.2, 0) is 11.3 Å². The molecule has 18 heavy (non-hydrogen) atoms. The molecule has 4 nitrogen and oxygen atoms in total. The zero-order chi connectivity index (χ0) is 13.5. The number of amidine groups is 1. The summed E-state index contributed by atoms with van der Waals surface area (Å²) in [6.07, 6.45) is 2.41. The molecule has 0 aliphatic carbocycles. The van der Waals surface area contributed by atoms with Gasteiger partial charge in [0, 0.05) is 0 Å². The average molecular weight is 250 g/mol. The molecule has 0 saturated carbocycles. The number of nitrogens with one attached hydrogen (secondary N) is 1. The van der Waals surface area contributed by atoms with Crippen molar-refractivity contribution in [2.75, 3.05) is 7.11 Å². The van der Waals surface area contributed by atoms with E-state index in [-0.39, 0.29) is 11.9 Å². The normalized spacial score (nSPS) is 12.2. The second kappa shape index (κ2) is 7.01. The van der Waals surface area contributed by atoms with Gasteiger partial charge in [-0.15, -0.1) is 0 Å². The molecule has 1 unspecified atom stereocenters. The minimum absolute atomic E-state index is 0.00954. The molecule has 0 bridgehead atoms. The minimum Gasteiger partial charge on any atom is -0.496 e. The predicted molar refractivity (Wildman–Crippen MR) is 73.2 cm³/mol. The van der Waals surface area contributed by atoms with E-state index in [9.17, 15) is 0 Å². The molecule has 1 aromatic rings. The van der Waals surface area contributed by atoms with Crippen LogP contribution in [0.3, 0.4) is 0 Å². The molecule has 0 spiro atoms. The van der Waals surface area contributed by atoms with Crippen LogP contribution in [0.5, 0.6) is 5.75 Å². The average Bonchev–Trinajstić information content (AvgIpc) is 2.36. The van der Waals surface area contributed by atoms with Crippen LogP contribution in [0.1, 0.15) is 37.8 Å². The van der Waals surface area contributed by atoms with Crippen LogP contribution in [0.4, 0.5) is 0 Å². The fourth-order valence-corrected chi connectivity index (χ4v) is 1.78. The van der Waals surface area contributed by atoms with Gasteiger partial charge in [0.2, 0.25) is 0 Å². The third-order valence-electron chi connectivity index (χ3n) is 2.78. The fourth-order valence-electron chi connectivity index (χ4n) is 1.78. The number of nitrogen functional groups attached to an aromatic ring is 1. The van der Waals surface area contributed by atoms with Crippen molar-refractivity contribution < 1.29 is 9.47 Å². The number of methoxy groups -OCH3 is 1. The fraction of sp³-hybridized carbons (Fsp3) is 0.500. The number of ether oxygens (including phenoxy) is 2. The molecule has 100 valence electrons. The smallest absolute Gasteiger partial charge is 0.129 e. The monoisotopic (exact) mass is 250 g/mol. The maximum atomic E-state index is 7.52. The van der Waals surface area contributed by atoms with E-state index >= 15 is 0 Å². The summed E-state index contributed by atoms with van der Waals surface area (Å²) >= 11 is 0. The Kier molecular flexibility index (Phi) is 5.65. The first-order valence-electron chi connectivity index (χ1n) is 6.21. The Hall–Kier alpha value is -1.55. The molecule has 0 aliphatic rings.